The number of carbonyl (C=O) groups excluding carboxylic acids is 1. The molecule has 0 unspecified atom stereocenters. The van der Waals surface area contributed by atoms with Crippen LogP contribution in [-0.4, -0.2) is 20.6 Å². The zero-order valence-corrected chi connectivity index (χ0v) is 18.0. The number of para-hydroxylation sites is 1. The number of nitro benzene ring substituents is 1. The Bertz CT molecular complexity index is 1040. The fourth-order valence-electron chi connectivity index (χ4n) is 2.67. The van der Waals surface area contributed by atoms with Crippen molar-refractivity contribution in [2.45, 2.75) is 26.8 Å². The number of rotatable bonds is 7. The normalized spacial score (nSPS) is 10.6. The molecule has 150 valence electrons. The first-order chi connectivity index (χ1) is 13.8. The lowest BCUT2D eigenvalue weighted by molar-refractivity contribution is -0.384. The van der Waals surface area contributed by atoms with Gasteiger partial charge in [0.25, 0.3) is 5.69 Å². The summed E-state index contributed by atoms with van der Waals surface area (Å²) >= 11 is 2.18. The molecule has 3 rings (SSSR count). The van der Waals surface area contributed by atoms with Gasteiger partial charge in [-0.25, -0.2) is 0 Å². The maximum Gasteiger partial charge on any atom is 0.275 e. The number of nitro groups is 1. The molecule has 9 heteroatoms. The molecular formula is C20H19IN4O4. The summed E-state index contributed by atoms with van der Waals surface area (Å²) in [4.78, 5) is 23.1. The summed E-state index contributed by atoms with van der Waals surface area (Å²) in [6, 6.07) is 11.6. The Labute approximate surface area is 181 Å². The molecule has 0 aliphatic carbocycles. The molecule has 1 amide bonds. The van der Waals surface area contributed by atoms with Gasteiger partial charge in [0.15, 0.2) is 0 Å². The Kier molecular flexibility index (Phi) is 6.47. The average molecular weight is 506 g/mol. The summed E-state index contributed by atoms with van der Waals surface area (Å²) in [5.41, 5.74) is 1.94. The number of ether oxygens (including phenoxy) is 1. The molecule has 0 radical (unpaired) electrons. The molecule has 8 nitrogen and oxygen atoms in total. The Morgan fingerprint density at radius 3 is 2.69 bits per heavy atom. The number of hydrogen-bond acceptors (Lipinski definition) is 5. The number of anilines is 1. The van der Waals surface area contributed by atoms with Crippen LogP contribution in [0.25, 0.3) is 0 Å². The third-order valence-corrected chi connectivity index (χ3v) is 5.22. The number of aromatic nitrogens is 2. The number of benzene rings is 2. The van der Waals surface area contributed by atoms with Gasteiger partial charge in [0.2, 0.25) is 5.91 Å². The van der Waals surface area contributed by atoms with Crippen molar-refractivity contribution < 1.29 is 14.5 Å². The van der Waals surface area contributed by atoms with Crippen molar-refractivity contribution in [3.8, 4) is 11.5 Å². The predicted molar refractivity (Wildman–Crippen MR) is 117 cm³/mol. The maximum absolute atomic E-state index is 12.3. The van der Waals surface area contributed by atoms with E-state index >= 15 is 0 Å². The standard InChI is InChI=1S/C20H19IN4O4/c1-13-5-3-4-6-19(13)29-17-10-15(9-16(11-17)25(27)28)22-20(26)7-8-24-12-18(21)14(2)23-24/h3-6,9-12H,7-8H2,1-2H3,(H,22,26). The van der Waals surface area contributed by atoms with Crippen molar-refractivity contribution in [3.63, 3.8) is 0 Å². The van der Waals surface area contributed by atoms with Crippen LogP contribution in [0.1, 0.15) is 17.7 Å². The molecule has 1 heterocycles. The van der Waals surface area contributed by atoms with Gasteiger partial charge in [0.05, 0.1) is 25.9 Å². The SMILES string of the molecule is Cc1ccccc1Oc1cc(NC(=O)CCn2cc(I)c(C)n2)cc([N+](=O)[O-])c1. The zero-order chi connectivity index (χ0) is 21.0. The minimum absolute atomic E-state index is 0.163. The molecule has 2 aromatic carbocycles. The number of carbonyl (C=O) groups is 1. The summed E-state index contributed by atoms with van der Waals surface area (Å²) in [6.45, 7) is 4.20. The van der Waals surface area contributed by atoms with E-state index < -0.39 is 4.92 Å². The topological polar surface area (TPSA) is 99.3 Å². The molecule has 0 bridgehead atoms. The first kappa shape index (κ1) is 20.8. The van der Waals surface area contributed by atoms with Crippen LogP contribution >= 0.6 is 22.6 Å². The van der Waals surface area contributed by atoms with Gasteiger partial charge in [0.1, 0.15) is 11.5 Å². The van der Waals surface area contributed by atoms with Crippen LogP contribution in [0.15, 0.2) is 48.7 Å². The van der Waals surface area contributed by atoms with E-state index in [9.17, 15) is 14.9 Å². The van der Waals surface area contributed by atoms with Gasteiger partial charge in [-0.15, -0.1) is 0 Å². The summed E-state index contributed by atoms with van der Waals surface area (Å²) in [7, 11) is 0. The number of aryl methyl sites for hydroxylation is 3. The lowest BCUT2D eigenvalue weighted by Gasteiger charge is -2.11. The lowest BCUT2D eigenvalue weighted by Crippen LogP contribution is -2.15. The molecule has 3 aromatic rings. The number of non-ortho nitro benzene ring substituents is 1. The first-order valence-electron chi connectivity index (χ1n) is 8.84. The third-order valence-electron chi connectivity index (χ3n) is 4.16. The smallest absolute Gasteiger partial charge is 0.275 e. The summed E-state index contributed by atoms with van der Waals surface area (Å²) in [5.74, 6) is 0.602. The van der Waals surface area contributed by atoms with Crippen molar-refractivity contribution in [1.29, 1.82) is 0 Å². The van der Waals surface area contributed by atoms with E-state index in [-0.39, 0.29) is 23.8 Å². The molecule has 29 heavy (non-hydrogen) atoms. The minimum atomic E-state index is -0.519. The van der Waals surface area contributed by atoms with Crippen LogP contribution in [-0.2, 0) is 11.3 Å². The van der Waals surface area contributed by atoms with E-state index in [2.05, 4.69) is 33.0 Å². The van der Waals surface area contributed by atoms with Gasteiger partial charge in [0, 0.05) is 31.3 Å². The van der Waals surface area contributed by atoms with Crippen LogP contribution in [0.3, 0.4) is 0 Å². The van der Waals surface area contributed by atoms with Crippen molar-refractivity contribution in [3.05, 3.63) is 73.6 Å². The number of halogens is 1. The van der Waals surface area contributed by atoms with Gasteiger partial charge >= 0.3 is 0 Å². The number of nitrogens with zero attached hydrogens (tertiary/aromatic N) is 3. The van der Waals surface area contributed by atoms with Crippen LogP contribution in [0.2, 0.25) is 0 Å². The summed E-state index contributed by atoms with van der Waals surface area (Å²) < 4.78 is 8.53. The molecule has 1 N–H and O–H groups in total. The van der Waals surface area contributed by atoms with E-state index in [1.807, 2.05) is 38.2 Å². The highest BCUT2D eigenvalue weighted by atomic mass is 127. The van der Waals surface area contributed by atoms with Crippen molar-refractivity contribution in [1.82, 2.24) is 9.78 Å². The first-order valence-corrected chi connectivity index (χ1v) is 9.92. The molecule has 1 aromatic heterocycles. The van der Waals surface area contributed by atoms with Gasteiger partial charge in [-0.1, -0.05) is 18.2 Å². The zero-order valence-electron chi connectivity index (χ0n) is 15.9. The summed E-state index contributed by atoms with van der Waals surface area (Å²) in [6.07, 6.45) is 2.05. The van der Waals surface area contributed by atoms with Gasteiger partial charge in [-0.2, -0.15) is 5.10 Å². The Morgan fingerprint density at radius 2 is 2.03 bits per heavy atom. The molecule has 0 fully saturated rings. The average Bonchev–Trinajstić information content (AvgIpc) is 2.99. The van der Waals surface area contributed by atoms with Crippen molar-refractivity contribution in [2.24, 2.45) is 0 Å². The fourth-order valence-corrected chi connectivity index (χ4v) is 3.09. The Hall–Kier alpha value is -2.95. The molecule has 0 atom stereocenters. The molecule has 0 aliphatic rings. The number of hydrogen-bond donors (Lipinski definition) is 1. The Morgan fingerprint density at radius 1 is 1.28 bits per heavy atom. The number of nitrogens with one attached hydrogen (secondary N) is 1. The predicted octanol–water partition coefficient (Wildman–Crippen LogP) is 4.83. The van der Waals surface area contributed by atoms with Crippen molar-refractivity contribution in [2.75, 3.05) is 5.32 Å². The van der Waals surface area contributed by atoms with Gasteiger partial charge in [-0.05, 0) is 48.1 Å². The highest BCUT2D eigenvalue weighted by Gasteiger charge is 2.14. The van der Waals surface area contributed by atoms with Gasteiger partial charge < -0.3 is 10.1 Å². The van der Waals surface area contributed by atoms with Crippen LogP contribution in [0, 0.1) is 27.5 Å². The van der Waals surface area contributed by atoms with Crippen LogP contribution in [0.5, 0.6) is 11.5 Å². The van der Waals surface area contributed by atoms with E-state index in [0.29, 0.717) is 18.0 Å². The summed E-state index contributed by atoms with van der Waals surface area (Å²) in [5, 5.41) is 18.3. The quantitative estimate of drug-likeness (QED) is 0.281. The molecule has 0 saturated heterocycles. The monoisotopic (exact) mass is 506 g/mol. The molecular weight excluding hydrogens is 487 g/mol. The van der Waals surface area contributed by atoms with Gasteiger partial charge in [-0.3, -0.25) is 19.6 Å². The molecule has 0 aliphatic heterocycles. The van der Waals surface area contributed by atoms with E-state index in [4.69, 9.17) is 4.74 Å². The highest BCUT2D eigenvalue weighted by molar-refractivity contribution is 14.1. The lowest BCUT2D eigenvalue weighted by atomic mass is 10.2. The second-order valence-corrected chi connectivity index (χ2v) is 7.63. The Balaban J connectivity index is 1.73. The van der Waals surface area contributed by atoms with E-state index in [1.54, 1.807) is 16.8 Å². The fraction of sp³-hybridized carbons (Fsp3) is 0.200. The minimum Gasteiger partial charge on any atom is -0.457 e. The molecule has 0 saturated carbocycles. The molecule has 0 spiro atoms. The second-order valence-electron chi connectivity index (χ2n) is 6.46. The van der Waals surface area contributed by atoms with Crippen LogP contribution in [0.4, 0.5) is 11.4 Å². The second kappa shape index (κ2) is 9.03. The largest absolute Gasteiger partial charge is 0.457 e. The maximum atomic E-state index is 12.3. The van der Waals surface area contributed by atoms with E-state index in [0.717, 1.165) is 14.8 Å². The van der Waals surface area contributed by atoms with Crippen LogP contribution < -0.4 is 10.1 Å². The third kappa shape index (κ3) is 5.53. The number of amides is 1. The van der Waals surface area contributed by atoms with E-state index in [1.165, 1.54) is 12.1 Å². The highest BCUT2D eigenvalue weighted by Crippen LogP contribution is 2.31. The van der Waals surface area contributed by atoms with Crippen molar-refractivity contribution >= 4 is 39.9 Å².